The highest BCUT2D eigenvalue weighted by molar-refractivity contribution is 5.54. The van der Waals surface area contributed by atoms with Crippen LogP contribution in [0.25, 0.3) is 0 Å². The van der Waals surface area contributed by atoms with Crippen molar-refractivity contribution in [1.29, 1.82) is 0 Å². The number of nitrogens with zero attached hydrogens (tertiary/aromatic N) is 1. The fourth-order valence-electron chi connectivity index (χ4n) is 2.27. The molecule has 19 heavy (non-hydrogen) atoms. The second kappa shape index (κ2) is 5.31. The van der Waals surface area contributed by atoms with Crippen LogP contribution in [-0.4, -0.2) is 19.2 Å². The summed E-state index contributed by atoms with van der Waals surface area (Å²) >= 11 is 0. The number of benzene rings is 1. The molecule has 1 aliphatic heterocycles. The Bertz CT molecular complexity index is 437. The van der Waals surface area contributed by atoms with Gasteiger partial charge in [-0.1, -0.05) is 0 Å². The molecule has 0 aromatic heterocycles. The van der Waals surface area contributed by atoms with Gasteiger partial charge in [0.15, 0.2) is 0 Å². The Morgan fingerprint density at radius 3 is 2.32 bits per heavy atom. The van der Waals surface area contributed by atoms with Crippen LogP contribution < -0.4 is 9.64 Å². The first-order valence-electron chi connectivity index (χ1n) is 6.51. The lowest BCUT2D eigenvalue weighted by atomic mass is 10.1. The Morgan fingerprint density at radius 1 is 1.16 bits per heavy atom. The van der Waals surface area contributed by atoms with Gasteiger partial charge in [-0.25, -0.2) is 0 Å². The van der Waals surface area contributed by atoms with Crippen molar-refractivity contribution in [2.45, 2.75) is 39.0 Å². The third-order valence-corrected chi connectivity index (χ3v) is 3.10. The van der Waals surface area contributed by atoms with Crippen molar-refractivity contribution in [2.24, 2.45) is 0 Å². The van der Waals surface area contributed by atoms with Gasteiger partial charge in [-0.3, -0.25) is 0 Å². The number of rotatable bonds is 3. The van der Waals surface area contributed by atoms with E-state index in [9.17, 15) is 13.2 Å². The predicted octanol–water partition coefficient (Wildman–Crippen LogP) is 4.09. The molecule has 0 unspecified atom stereocenters. The number of hydrogen-bond donors (Lipinski definition) is 0. The van der Waals surface area contributed by atoms with E-state index in [1.165, 1.54) is 12.1 Å². The molecule has 1 aliphatic rings. The number of halogens is 3. The second-order valence-corrected chi connectivity index (χ2v) is 5.04. The standard InChI is InChI=1S/C14H18F3NO/c1-10(2)19-13-6-5-11(18-7-3-4-8-18)9-12(13)14(15,16)17/h5-6,9-10H,3-4,7-8H2,1-2H3. The van der Waals surface area contributed by atoms with E-state index in [2.05, 4.69) is 0 Å². The predicted molar refractivity (Wildman–Crippen MR) is 68.7 cm³/mol. The average molecular weight is 273 g/mol. The third-order valence-electron chi connectivity index (χ3n) is 3.10. The van der Waals surface area contributed by atoms with Gasteiger partial charge in [-0.2, -0.15) is 13.2 Å². The van der Waals surface area contributed by atoms with Crippen LogP contribution in [0.3, 0.4) is 0 Å². The fraction of sp³-hybridized carbons (Fsp3) is 0.571. The maximum Gasteiger partial charge on any atom is 0.420 e. The third kappa shape index (κ3) is 3.33. The van der Waals surface area contributed by atoms with Gasteiger partial charge in [0.05, 0.1) is 11.7 Å². The van der Waals surface area contributed by atoms with E-state index >= 15 is 0 Å². The summed E-state index contributed by atoms with van der Waals surface area (Å²) in [5.74, 6) is -0.0922. The molecule has 0 bridgehead atoms. The van der Waals surface area contributed by atoms with Gasteiger partial charge in [0, 0.05) is 18.8 Å². The van der Waals surface area contributed by atoms with E-state index in [-0.39, 0.29) is 11.9 Å². The monoisotopic (exact) mass is 273 g/mol. The highest BCUT2D eigenvalue weighted by Gasteiger charge is 2.35. The zero-order valence-electron chi connectivity index (χ0n) is 11.1. The molecule has 1 fully saturated rings. The molecule has 0 saturated carbocycles. The summed E-state index contributed by atoms with van der Waals surface area (Å²) in [7, 11) is 0. The van der Waals surface area contributed by atoms with Crippen LogP contribution in [0, 0.1) is 0 Å². The maximum absolute atomic E-state index is 13.1. The fourth-order valence-corrected chi connectivity index (χ4v) is 2.27. The average Bonchev–Trinajstić information content (AvgIpc) is 2.80. The van der Waals surface area contributed by atoms with Gasteiger partial charge in [-0.05, 0) is 44.9 Å². The summed E-state index contributed by atoms with van der Waals surface area (Å²) in [5.41, 5.74) is -0.0634. The van der Waals surface area contributed by atoms with E-state index in [1.54, 1.807) is 19.9 Å². The Labute approximate surface area is 111 Å². The molecule has 5 heteroatoms. The molecule has 1 aromatic carbocycles. The quantitative estimate of drug-likeness (QED) is 0.822. The molecule has 0 radical (unpaired) electrons. The van der Waals surface area contributed by atoms with Gasteiger partial charge < -0.3 is 9.64 Å². The van der Waals surface area contributed by atoms with Crippen molar-refractivity contribution in [3.63, 3.8) is 0 Å². The van der Waals surface area contributed by atoms with Gasteiger partial charge >= 0.3 is 6.18 Å². The van der Waals surface area contributed by atoms with Crippen LogP contribution >= 0.6 is 0 Å². The van der Waals surface area contributed by atoms with Gasteiger partial charge in [0.1, 0.15) is 5.75 Å². The first-order valence-corrected chi connectivity index (χ1v) is 6.51. The lowest BCUT2D eigenvalue weighted by Gasteiger charge is -2.22. The zero-order valence-corrected chi connectivity index (χ0v) is 11.1. The molecule has 2 nitrogen and oxygen atoms in total. The molecular formula is C14H18F3NO. The van der Waals surface area contributed by atoms with Crippen LogP contribution in [0.4, 0.5) is 18.9 Å². The van der Waals surface area contributed by atoms with Crippen LogP contribution in [-0.2, 0) is 6.18 Å². The molecule has 1 aromatic rings. The molecule has 0 amide bonds. The summed E-state index contributed by atoms with van der Waals surface area (Å²) in [6.07, 6.45) is -2.60. The lowest BCUT2D eigenvalue weighted by molar-refractivity contribution is -0.139. The van der Waals surface area contributed by atoms with Crippen molar-refractivity contribution in [3.8, 4) is 5.75 Å². The Kier molecular flexibility index (Phi) is 3.92. The first-order chi connectivity index (χ1) is 8.88. The van der Waals surface area contributed by atoms with Crippen molar-refractivity contribution in [1.82, 2.24) is 0 Å². The molecule has 0 spiro atoms. The Balaban J connectivity index is 2.35. The summed E-state index contributed by atoms with van der Waals surface area (Å²) in [6.45, 7) is 5.08. The Morgan fingerprint density at radius 2 is 1.79 bits per heavy atom. The van der Waals surface area contributed by atoms with Gasteiger partial charge in [0.2, 0.25) is 0 Å². The van der Waals surface area contributed by atoms with Crippen molar-refractivity contribution < 1.29 is 17.9 Å². The summed E-state index contributed by atoms with van der Waals surface area (Å²) in [5, 5.41) is 0. The molecular weight excluding hydrogens is 255 g/mol. The topological polar surface area (TPSA) is 12.5 Å². The van der Waals surface area contributed by atoms with Crippen LogP contribution in [0.2, 0.25) is 0 Å². The molecule has 1 heterocycles. The van der Waals surface area contributed by atoms with E-state index < -0.39 is 11.7 Å². The minimum absolute atomic E-state index is 0.0922. The van der Waals surface area contributed by atoms with Crippen molar-refractivity contribution in [3.05, 3.63) is 23.8 Å². The molecule has 0 N–H and O–H groups in total. The van der Waals surface area contributed by atoms with Crippen LogP contribution in [0.1, 0.15) is 32.3 Å². The van der Waals surface area contributed by atoms with Crippen molar-refractivity contribution >= 4 is 5.69 Å². The zero-order chi connectivity index (χ0) is 14.0. The van der Waals surface area contributed by atoms with Crippen LogP contribution in [0.5, 0.6) is 5.75 Å². The SMILES string of the molecule is CC(C)Oc1ccc(N2CCCC2)cc1C(F)(F)F. The number of anilines is 1. The normalized spacial score (nSPS) is 16.2. The highest BCUT2D eigenvalue weighted by atomic mass is 19.4. The lowest BCUT2D eigenvalue weighted by Crippen LogP contribution is -2.19. The number of alkyl halides is 3. The van der Waals surface area contributed by atoms with Gasteiger partial charge in [-0.15, -0.1) is 0 Å². The van der Waals surface area contributed by atoms with E-state index in [0.29, 0.717) is 5.69 Å². The molecule has 0 atom stereocenters. The largest absolute Gasteiger partial charge is 0.490 e. The molecule has 0 aliphatic carbocycles. The smallest absolute Gasteiger partial charge is 0.420 e. The minimum atomic E-state index is -4.39. The van der Waals surface area contributed by atoms with Crippen molar-refractivity contribution in [2.75, 3.05) is 18.0 Å². The van der Waals surface area contributed by atoms with E-state index in [1.807, 2.05) is 4.90 Å². The van der Waals surface area contributed by atoms with Crippen LogP contribution in [0.15, 0.2) is 18.2 Å². The minimum Gasteiger partial charge on any atom is -0.490 e. The Hall–Kier alpha value is -1.39. The maximum atomic E-state index is 13.1. The summed E-state index contributed by atoms with van der Waals surface area (Å²) < 4.78 is 44.5. The number of hydrogen-bond acceptors (Lipinski definition) is 2. The second-order valence-electron chi connectivity index (χ2n) is 5.04. The van der Waals surface area contributed by atoms with Gasteiger partial charge in [0.25, 0.3) is 0 Å². The number of ether oxygens (including phenoxy) is 1. The summed E-state index contributed by atoms with van der Waals surface area (Å²) in [6, 6.07) is 4.33. The highest BCUT2D eigenvalue weighted by Crippen LogP contribution is 2.39. The van der Waals surface area contributed by atoms with E-state index in [0.717, 1.165) is 25.9 Å². The first kappa shape index (κ1) is 14.0. The van der Waals surface area contributed by atoms with E-state index in [4.69, 9.17) is 4.74 Å². The molecule has 1 saturated heterocycles. The summed E-state index contributed by atoms with van der Waals surface area (Å²) in [4.78, 5) is 1.98. The molecule has 2 rings (SSSR count). The molecule has 106 valence electrons.